The van der Waals surface area contributed by atoms with Gasteiger partial charge < -0.3 is 15.8 Å². The van der Waals surface area contributed by atoms with Crippen LogP contribution in [0.2, 0.25) is 5.02 Å². The number of carbonyl (C=O) groups is 1. The maximum atomic E-state index is 12.7. The number of nitrogens with zero attached hydrogens (tertiary/aromatic N) is 4. The minimum atomic E-state index is -3.04. The van der Waals surface area contributed by atoms with Crippen molar-refractivity contribution in [2.75, 3.05) is 11.1 Å². The first-order valence-electron chi connectivity index (χ1n) is 8.12. The van der Waals surface area contributed by atoms with E-state index in [9.17, 15) is 13.6 Å². The number of aromatic nitrogens is 5. The zero-order valence-corrected chi connectivity index (χ0v) is 15.2. The SMILES string of the molecule is Nc1ccn2ncc(C(=O)Nc3c[nH]nc3-c3cc(Cl)ccc3OC(F)F)c2n1. The molecule has 1 aromatic carbocycles. The lowest BCUT2D eigenvalue weighted by molar-refractivity contribution is -0.0494. The van der Waals surface area contributed by atoms with Gasteiger partial charge in [-0.15, -0.1) is 0 Å². The van der Waals surface area contributed by atoms with Gasteiger partial charge in [0.05, 0.1) is 11.9 Å². The highest BCUT2D eigenvalue weighted by atomic mass is 35.5. The Kier molecular flexibility index (Phi) is 4.72. The number of hydrogen-bond donors (Lipinski definition) is 3. The molecule has 4 aromatic rings. The lowest BCUT2D eigenvalue weighted by Crippen LogP contribution is -2.12. The van der Waals surface area contributed by atoms with Crippen molar-refractivity contribution in [1.29, 1.82) is 0 Å². The van der Waals surface area contributed by atoms with Gasteiger partial charge in [0.25, 0.3) is 5.91 Å². The number of anilines is 2. The molecule has 0 saturated heterocycles. The van der Waals surface area contributed by atoms with Crippen molar-refractivity contribution in [3.8, 4) is 17.0 Å². The van der Waals surface area contributed by atoms with Crippen LogP contribution in [0, 0.1) is 0 Å². The molecule has 9 nitrogen and oxygen atoms in total. The summed E-state index contributed by atoms with van der Waals surface area (Å²) >= 11 is 5.99. The molecule has 0 saturated carbocycles. The number of rotatable bonds is 5. The van der Waals surface area contributed by atoms with Crippen LogP contribution in [0.15, 0.2) is 42.9 Å². The second kappa shape index (κ2) is 7.36. The van der Waals surface area contributed by atoms with Crippen LogP contribution >= 0.6 is 11.6 Å². The molecule has 12 heteroatoms. The second-order valence-electron chi connectivity index (χ2n) is 5.80. The van der Waals surface area contributed by atoms with Gasteiger partial charge >= 0.3 is 6.61 Å². The van der Waals surface area contributed by atoms with Crippen molar-refractivity contribution < 1.29 is 18.3 Å². The third-order valence-corrected chi connectivity index (χ3v) is 4.17. The van der Waals surface area contributed by atoms with Gasteiger partial charge in [0.15, 0.2) is 5.65 Å². The van der Waals surface area contributed by atoms with Gasteiger partial charge in [0, 0.05) is 23.0 Å². The smallest absolute Gasteiger partial charge is 0.387 e. The summed E-state index contributed by atoms with van der Waals surface area (Å²) in [6, 6.07) is 5.65. The molecule has 0 aliphatic heterocycles. The lowest BCUT2D eigenvalue weighted by atomic mass is 10.1. The number of nitrogens with one attached hydrogen (secondary N) is 2. The summed E-state index contributed by atoms with van der Waals surface area (Å²) in [4.78, 5) is 16.8. The number of H-pyrrole nitrogens is 1. The van der Waals surface area contributed by atoms with E-state index in [1.54, 1.807) is 12.3 Å². The number of nitrogens with two attached hydrogens (primary N) is 1. The van der Waals surface area contributed by atoms with Crippen LogP contribution in [0.4, 0.5) is 20.3 Å². The summed E-state index contributed by atoms with van der Waals surface area (Å²) < 4.78 is 31.4. The van der Waals surface area contributed by atoms with Gasteiger partial charge in [-0.3, -0.25) is 9.89 Å². The van der Waals surface area contributed by atoms with Crippen molar-refractivity contribution in [2.24, 2.45) is 0 Å². The summed E-state index contributed by atoms with van der Waals surface area (Å²) in [6.07, 6.45) is 4.30. The van der Waals surface area contributed by atoms with E-state index < -0.39 is 12.5 Å². The quantitative estimate of drug-likeness (QED) is 0.456. The van der Waals surface area contributed by atoms with E-state index in [-0.39, 0.29) is 44.7 Å². The number of alkyl halides is 2. The van der Waals surface area contributed by atoms with Crippen LogP contribution in [0.3, 0.4) is 0 Å². The Morgan fingerprint density at radius 3 is 2.97 bits per heavy atom. The first-order valence-corrected chi connectivity index (χ1v) is 8.50. The second-order valence-corrected chi connectivity index (χ2v) is 6.24. The highest BCUT2D eigenvalue weighted by molar-refractivity contribution is 6.31. The van der Waals surface area contributed by atoms with Gasteiger partial charge in [-0.1, -0.05) is 11.6 Å². The Labute approximate surface area is 166 Å². The number of halogens is 3. The molecule has 0 atom stereocenters. The molecule has 0 unspecified atom stereocenters. The van der Waals surface area contributed by atoms with E-state index >= 15 is 0 Å². The summed E-state index contributed by atoms with van der Waals surface area (Å²) in [5.74, 6) is -0.458. The fourth-order valence-corrected chi connectivity index (χ4v) is 2.88. The van der Waals surface area contributed by atoms with Crippen molar-refractivity contribution in [3.63, 3.8) is 0 Å². The van der Waals surface area contributed by atoms with E-state index in [2.05, 4.69) is 30.3 Å². The number of fused-ring (bicyclic) bond motifs is 1. The fraction of sp³-hybridized carbons (Fsp3) is 0.0588. The van der Waals surface area contributed by atoms with Crippen LogP contribution in [-0.2, 0) is 0 Å². The normalized spacial score (nSPS) is 11.2. The van der Waals surface area contributed by atoms with E-state index in [1.807, 2.05) is 0 Å². The Morgan fingerprint density at radius 2 is 2.17 bits per heavy atom. The summed E-state index contributed by atoms with van der Waals surface area (Å²) in [5.41, 5.74) is 6.67. The third-order valence-electron chi connectivity index (χ3n) is 3.94. The number of amides is 1. The molecule has 29 heavy (non-hydrogen) atoms. The van der Waals surface area contributed by atoms with Gasteiger partial charge in [-0.05, 0) is 24.3 Å². The van der Waals surface area contributed by atoms with Gasteiger partial charge in [-0.25, -0.2) is 9.50 Å². The molecule has 0 spiro atoms. The molecule has 3 aromatic heterocycles. The summed E-state index contributed by atoms with van der Waals surface area (Å²) in [6.45, 7) is -3.04. The molecule has 0 radical (unpaired) electrons. The molecule has 3 heterocycles. The predicted octanol–water partition coefficient (Wildman–Crippen LogP) is 3.21. The van der Waals surface area contributed by atoms with Gasteiger partial charge in [-0.2, -0.15) is 19.0 Å². The Hall–Kier alpha value is -3.73. The Morgan fingerprint density at radius 1 is 1.34 bits per heavy atom. The van der Waals surface area contributed by atoms with E-state index in [0.717, 1.165) is 0 Å². The van der Waals surface area contributed by atoms with Crippen LogP contribution in [0.25, 0.3) is 16.9 Å². The standard InChI is InChI=1S/C17H12ClF2N7O2/c18-8-1-2-12(29-17(19)20)9(5-8)14-11(7-22-26-14)24-16(28)10-6-23-27-4-3-13(21)25-15(10)27/h1-7,17H,(H2,21,25)(H,22,26)(H,24,28). The van der Waals surface area contributed by atoms with Crippen molar-refractivity contribution >= 4 is 34.7 Å². The predicted molar refractivity (Wildman–Crippen MR) is 101 cm³/mol. The Balaban J connectivity index is 1.69. The first-order chi connectivity index (χ1) is 13.9. The minimum absolute atomic E-state index is 0.141. The van der Waals surface area contributed by atoms with Crippen molar-refractivity contribution in [3.05, 3.63) is 53.4 Å². The Bertz CT molecular complexity index is 1210. The maximum Gasteiger partial charge on any atom is 0.387 e. The molecular formula is C17H12ClF2N7O2. The highest BCUT2D eigenvalue weighted by Gasteiger charge is 2.20. The van der Waals surface area contributed by atoms with Gasteiger partial charge in [0.1, 0.15) is 22.8 Å². The zero-order chi connectivity index (χ0) is 20.5. The first kappa shape index (κ1) is 18.6. The lowest BCUT2D eigenvalue weighted by Gasteiger charge is -2.11. The van der Waals surface area contributed by atoms with Gasteiger partial charge in [0.2, 0.25) is 0 Å². The molecule has 148 valence electrons. The van der Waals surface area contributed by atoms with Crippen LogP contribution in [0.5, 0.6) is 5.75 Å². The van der Waals surface area contributed by atoms with Crippen molar-refractivity contribution in [2.45, 2.75) is 6.61 Å². The number of carbonyl (C=O) groups excluding carboxylic acids is 1. The van der Waals surface area contributed by atoms with Crippen LogP contribution < -0.4 is 15.8 Å². The largest absolute Gasteiger partial charge is 0.434 e. The number of benzene rings is 1. The van der Waals surface area contributed by atoms with Crippen LogP contribution in [0.1, 0.15) is 10.4 Å². The maximum absolute atomic E-state index is 12.7. The zero-order valence-electron chi connectivity index (χ0n) is 14.4. The third kappa shape index (κ3) is 3.67. The van der Waals surface area contributed by atoms with E-state index in [0.29, 0.717) is 0 Å². The topological polar surface area (TPSA) is 123 Å². The number of ether oxygens (including phenoxy) is 1. The van der Waals surface area contributed by atoms with E-state index in [4.69, 9.17) is 17.3 Å². The molecule has 0 fully saturated rings. The molecule has 0 bridgehead atoms. The summed E-state index contributed by atoms with van der Waals surface area (Å²) in [7, 11) is 0. The molecule has 4 rings (SSSR count). The highest BCUT2D eigenvalue weighted by Crippen LogP contribution is 2.36. The molecule has 1 amide bonds. The number of nitrogen functional groups attached to an aromatic ring is 1. The fourth-order valence-electron chi connectivity index (χ4n) is 2.71. The average molecular weight is 420 g/mol. The van der Waals surface area contributed by atoms with E-state index in [1.165, 1.54) is 35.1 Å². The number of hydrogen-bond acceptors (Lipinski definition) is 6. The molecule has 0 aliphatic carbocycles. The number of aromatic amines is 1. The van der Waals surface area contributed by atoms with Crippen LogP contribution in [-0.4, -0.2) is 37.3 Å². The monoisotopic (exact) mass is 419 g/mol. The minimum Gasteiger partial charge on any atom is -0.434 e. The average Bonchev–Trinajstić information content (AvgIpc) is 3.29. The molecular weight excluding hydrogens is 408 g/mol. The molecule has 0 aliphatic rings. The summed E-state index contributed by atoms with van der Waals surface area (Å²) in [5, 5.41) is 13.6. The molecule has 4 N–H and O–H groups in total. The van der Waals surface area contributed by atoms with Crippen molar-refractivity contribution in [1.82, 2.24) is 24.8 Å².